The molecule has 3 aromatic rings. The van der Waals surface area contributed by atoms with Gasteiger partial charge in [-0.1, -0.05) is 24.3 Å². The molecule has 0 atom stereocenters. The van der Waals surface area contributed by atoms with E-state index in [9.17, 15) is 0 Å². The van der Waals surface area contributed by atoms with E-state index in [1.807, 2.05) is 0 Å². The summed E-state index contributed by atoms with van der Waals surface area (Å²) in [6.07, 6.45) is 2.14. The average Bonchev–Trinajstić information content (AvgIpc) is 3.12. The normalized spacial score (nSPS) is 13.5. The third-order valence-corrected chi connectivity index (χ3v) is 6.14. The Morgan fingerprint density at radius 2 is 1.25 bits per heavy atom. The fourth-order valence-electron chi connectivity index (χ4n) is 4.59. The van der Waals surface area contributed by atoms with E-state index in [1.54, 1.807) is 0 Å². The van der Waals surface area contributed by atoms with Crippen LogP contribution in [0, 0.1) is 20.8 Å². The van der Waals surface area contributed by atoms with Crippen molar-refractivity contribution < 1.29 is 4.57 Å². The topological polar surface area (TPSA) is 3.88 Å². The van der Waals surface area contributed by atoms with Crippen LogP contribution in [0.3, 0.4) is 0 Å². The van der Waals surface area contributed by atoms with Crippen LogP contribution in [-0.2, 0) is 19.9 Å². The summed E-state index contributed by atoms with van der Waals surface area (Å²) >= 11 is 0. The van der Waals surface area contributed by atoms with Crippen molar-refractivity contribution in [2.45, 2.75) is 33.6 Å². The minimum absolute atomic E-state index is 1.06. The quantitative estimate of drug-likeness (QED) is 0.369. The molecular weight excluding hydrogens is 290 g/mol. The number of nitrogens with zero attached hydrogens (tertiary/aromatic N) is 1. The highest BCUT2D eigenvalue weighted by molar-refractivity contribution is 5.94. The van der Waals surface area contributed by atoms with Gasteiger partial charge in [-0.25, -0.2) is 0 Å². The molecule has 0 bridgehead atoms. The fourth-order valence-corrected chi connectivity index (χ4v) is 4.59. The standard InChI is InChI=1S/C23H22N/c1-13-5-7-16-11-17-9-10-18-12-19-8-6-14(2)24(4)23(19)22(18)21(17)20(16)15(13)3/h5-10H,11-12H2,1-4H3/q+1. The molecule has 1 heterocycles. The van der Waals surface area contributed by atoms with Crippen molar-refractivity contribution in [3.05, 3.63) is 75.5 Å². The van der Waals surface area contributed by atoms with Gasteiger partial charge in [-0.3, -0.25) is 0 Å². The molecule has 118 valence electrons. The van der Waals surface area contributed by atoms with Crippen molar-refractivity contribution in [1.29, 1.82) is 0 Å². The van der Waals surface area contributed by atoms with Crippen LogP contribution in [0.5, 0.6) is 0 Å². The Bertz CT molecular complexity index is 956. The summed E-state index contributed by atoms with van der Waals surface area (Å²) in [6, 6.07) is 13.9. The number of hydrogen-bond acceptors (Lipinski definition) is 0. The third-order valence-electron chi connectivity index (χ3n) is 6.14. The summed E-state index contributed by atoms with van der Waals surface area (Å²) in [6.45, 7) is 6.72. The van der Waals surface area contributed by atoms with Crippen molar-refractivity contribution >= 4 is 0 Å². The highest BCUT2D eigenvalue weighted by Crippen LogP contribution is 2.49. The largest absolute Gasteiger partial charge is 0.216 e. The predicted molar refractivity (Wildman–Crippen MR) is 98.3 cm³/mol. The molecule has 24 heavy (non-hydrogen) atoms. The first-order valence-electron chi connectivity index (χ1n) is 8.79. The second-order valence-electron chi connectivity index (χ2n) is 7.44. The molecule has 1 nitrogen and oxygen atoms in total. The van der Waals surface area contributed by atoms with Crippen molar-refractivity contribution in [3.63, 3.8) is 0 Å². The first-order chi connectivity index (χ1) is 11.6. The van der Waals surface area contributed by atoms with Crippen LogP contribution in [0.25, 0.3) is 22.4 Å². The van der Waals surface area contributed by atoms with Gasteiger partial charge < -0.3 is 0 Å². The molecule has 0 unspecified atom stereocenters. The lowest BCUT2D eigenvalue weighted by molar-refractivity contribution is -0.666. The Kier molecular flexibility index (Phi) is 2.66. The van der Waals surface area contributed by atoms with Crippen LogP contribution in [0.15, 0.2) is 36.4 Å². The van der Waals surface area contributed by atoms with Gasteiger partial charge in [0.2, 0.25) is 5.69 Å². The monoisotopic (exact) mass is 312 g/mol. The number of benzene rings is 2. The zero-order valence-corrected chi connectivity index (χ0v) is 14.8. The van der Waals surface area contributed by atoms with E-state index in [0.29, 0.717) is 0 Å². The summed E-state index contributed by atoms with van der Waals surface area (Å²) in [5, 5.41) is 0. The number of aromatic nitrogens is 1. The minimum Gasteiger partial charge on any atom is -0.198 e. The van der Waals surface area contributed by atoms with E-state index >= 15 is 0 Å². The molecular formula is C23H22N+. The maximum Gasteiger partial charge on any atom is 0.216 e. The summed E-state index contributed by atoms with van der Waals surface area (Å²) in [5.41, 5.74) is 16.0. The van der Waals surface area contributed by atoms with Gasteiger partial charge in [0.25, 0.3) is 0 Å². The molecule has 0 aliphatic heterocycles. The van der Waals surface area contributed by atoms with Crippen molar-refractivity contribution in [2.75, 3.05) is 0 Å². The lowest BCUT2D eigenvalue weighted by Gasteiger charge is -2.12. The van der Waals surface area contributed by atoms with Crippen LogP contribution in [0.1, 0.15) is 39.1 Å². The van der Waals surface area contributed by atoms with Crippen LogP contribution >= 0.6 is 0 Å². The van der Waals surface area contributed by atoms with Gasteiger partial charge in [-0.2, -0.15) is 4.57 Å². The number of rotatable bonds is 0. The van der Waals surface area contributed by atoms with Crippen LogP contribution in [0.2, 0.25) is 0 Å². The molecule has 2 aliphatic carbocycles. The predicted octanol–water partition coefficient (Wildman–Crippen LogP) is 4.58. The maximum absolute atomic E-state index is 2.38. The molecule has 2 aromatic carbocycles. The minimum atomic E-state index is 1.06. The Morgan fingerprint density at radius 1 is 0.667 bits per heavy atom. The molecule has 0 N–H and O–H groups in total. The van der Waals surface area contributed by atoms with E-state index in [2.05, 4.69) is 68.8 Å². The van der Waals surface area contributed by atoms with E-state index in [1.165, 1.54) is 61.5 Å². The zero-order valence-electron chi connectivity index (χ0n) is 14.8. The Balaban J connectivity index is 1.91. The molecule has 2 aliphatic rings. The highest BCUT2D eigenvalue weighted by Gasteiger charge is 2.34. The lowest BCUT2D eigenvalue weighted by Crippen LogP contribution is -2.35. The van der Waals surface area contributed by atoms with Gasteiger partial charge in [-0.15, -0.1) is 0 Å². The molecule has 0 saturated heterocycles. The van der Waals surface area contributed by atoms with Gasteiger partial charge in [0, 0.05) is 25.0 Å². The van der Waals surface area contributed by atoms with Gasteiger partial charge in [-0.05, 0) is 65.3 Å². The Labute approximate surface area is 143 Å². The van der Waals surface area contributed by atoms with Crippen molar-refractivity contribution in [2.24, 2.45) is 7.05 Å². The Morgan fingerprint density at radius 3 is 2.04 bits per heavy atom. The first-order valence-corrected chi connectivity index (χ1v) is 8.79. The zero-order chi connectivity index (χ0) is 16.6. The third kappa shape index (κ3) is 1.62. The lowest BCUT2D eigenvalue weighted by atomic mass is 9.91. The smallest absolute Gasteiger partial charge is 0.198 e. The molecule has 0 radical (unpaired) electrons. The molecule has 0 saturated carbocycles. The number of aryl methyl sites for hydroxylation is 2. The second kappa shape index (κ2) is 4.57. The summed E-state index contributed by atoms with van der Waals surface area (Å²) in [4.78, 5) is 0. The van der Waals surface area contributed by atoms with E-state index < -0.39 is 0 Å². The number of hydrogen-bond donors (Lipinski definition) is 0. The summed E-state index contributed by atoms with van der Waals surface area (Å²) in [5.74, 6) is 0. The van der Waals surface area contributed by atoms with Crippen LogP contribution < -0.4 is 4.57 Å². The van der Waals surface area contributed by atoms with Crippen molar-refractivity contribution in [1.82, 2.24) is 0 Å². The highest BCUT2D eigenvalue weighted by atomic mass is 14.9. The molecule has 1 aromatic heterocycles. The van der Waals surface area contributed by atoms with E-state index in [4.69, 9.17) is 0 Å². The fraction of sp³-hybridized carbons (Fsp3) is 0.261. The SMILES string of the molecule is Cc1ccc2c(c1C)-c1c(ccc3c1-c1c(ccc(C)[n+]1C)C3)C2. The molecule has 0 amide bonds. The van der Waals surface area contributed by atoms with Gasteiger partial charge in [0.15, 0.2) is 5.69 Å². The molecule has 0 spiro atoms. The van der Waals surface area contributed by atoms with E-state index in [0.717, 1.165) is 12.8 Å². The number of pyridine rings is 1. The van der Waals surface area contributed by atoms with Gasteiger partial charge in [0.1, 0.15) is 7.05 Å². The molecule has 5 rings (SSSR count). The molecule has 1 heteroatoms. The Hall–Kier alpha value is -2.41. The molecule has 0 fully saturated rings. The maximum atomic E-state index is 2.38. The number of fused-ring (bicyclic) bond motifs is 7. The summed E-state index contributed by atoms with van der Waals surface area (Å²) in [7, 11) is 2.21. The van der Waals surface area contributed by atoms with Gasteiger partial charge in [0.05, 0.1) is 5.56 Å². The average molecular weight is 312 g/mol. The van der Waals surface area contributed by atoms with Gasteiger partial charge >= 0.3 is 0 Å². The summed E-state index contributed by atoms with van der Waals surface area (Å²) < 4.78 is 2.38. The van der Waals surface area contributed by atoms with Crippen molar-refractivity contribution in [3.8, 4) is 22.4 Å². The second-order valence-corrected chi connectivity index (χ2v) is 7.44. The van der Waals surface area contributed by atoms with E-state index in [-0.39, 0.29) is 0 Å². The van der Waals surface area contributed by atoms with Crippen LogP contribution in [-0.4, -0.2) is 0 Å². The first kappa shape index (κ1) is 14.0. The van der Waals surface area contributed by atoms with Crippen LogP contribution in [0.4, 0.5) is 0 Å².